The van der Waals surface area contributed by atoms with E-state index >= 15 is 0 Å². The van der Waals surface area contributed by atoms with Crippen LogP contribution in [-0.4, -0.2) is 69.4 Å². The van der Waals surface area contributed by atoms with E-state index in [1.807, 2.05) is 18.3 Å². The number of nitrogens with zero attached hydrogens (tertiary/aromatic N) is 3. The first kappa shape index (κ1) is 24.1. The average molecular weight is 434 g/mol. The van der Waals surface area contributed by atoms with Crippen LogP contribution in [-0.2, 0) is 17.7 Å². The van der Waals surface area contributed by atoms with Crippen LogP contribution in [0.25, 0.3) is 0 Å². The second-order valence-corrected chi connectivity index (χ2v) is 8.35. The molecule has 0 fully saturated rings. The maximum atomic E-state index is 5.90. The summed E-state index contributed by atoms with van der Waals surface area (Å²) in [6.07, 6.45) is 2.82. The van der Waals surface area contributed by atoms with Crippen LogP contribution in [0.15, 0.2) is 35.5 Å². The first-order valence-corrected chi connectivity index (χ1v) is 11.2. The molecule has 0 unspecified atom stereocenters. The Balaban J connectivity index is 1.80. The van der Waals surface area contributed by atoms with Crippen LogP contribution in [0.3, 0.4) is 0 Å². The molecule has 30 heavy (non-hydrogen) atoms. The zero-order valence-electron chi connectivity index (χ0n) is 18.6. The third kappa shape index (κ3) is 9.56. The van der Waals surface area contributed by atoms with Gasteiger partial charge in [-0.25, -0.2) is 9.98 Å². The number of thiazole rings is 1. The molecule has 0 aliphatic rings. The lowest BCUT2D eigenvalue weighted by Crippen LogP contribution is -2.38. The summed E-state index contributed by atoms with van der Waals surface area (Å²) in [6, 6.07) is 8.13. The van der Waals surface area contributed by atoms with Gasteiger partial charge < -0.3 is 25.0 Å². The number of benzene rings is 1. The van der Waals surface area contributed by atoms with Crippen LogP contribution >= 0.6 is 11.3 Å². The van der Waals surface area contributed by atoms with Gasteiger partial charge in [0.1, 0.15) is 12.4 Å². The number of ether oxygens (including phenoxy) is 2. The van der Waals surface area contributed by atoms with Gasteiger partial charge in [-0.2, -0.15) is 0 Å². The first-order valence-electron chi connectivity index (χ1n) is 10.4. The van der Waals surface area contributed by atoms with Crippen LogP contribution in [0.2, 0.25) is 0 Å². The van der Waals surface area contributed by atoms with E-state index in [1.165, 1.54) is 4.88 Å². The van der Waals surface area contributed by atoms with Gasteiger partial charge >= 0.3 is 0 Å². The molecule has 0 bridgehead atoms. The van der Waals surface area contributed by atoms with E-state index in [2.05, 4.69) is 53.5 Å². The van der Waals surface area contributed by atoms with Crippen LogP contribution in [0.4, 0.5) is 0 Å². The second-order valence-electron chi connectivity index (χ2n) is 7.03. The van der Waals surface area contributed by atoms with Crippen LogP contribution < -0.4 is 15.4 Å². The Hall–Kier alpha value is -2.16. The van der Waals surface area contributed by atoms with Crippen molar-refractivity contribution in [2.24, 2.45) is 4.99 Å². The minimum Gasteiger partial charge on any atom is -0.492 e. The highest BCUT2D eigenvalue weighted by Crippen LogP contribution is 2.14. The summed E-state index contributed by atoms with van der Waals surface area (Å²) in [5.41, 5.74) is 1.12. The summed E-state index contributed by atoms with van der Waals surface area (Å²) in [5, 5.41) is 7.83. The predicted molar refractivity (Wildman–Crippen MR) is 125 cm³/mol. The molecule has 1 aromatic carbocycles. The van der Waals surface area contributed by atoms with Crippen molar-refractivity contribution in [2.45, 2.75) is 26.8 Å². The largest absolute Gasteiger partial charge is 0.492 e. The van der Waals surface area contributed by atoms with Crippen molar-refractivity contribution in [3.8, 4) is 5.75 Å². The lowest BCUT2D eigenvalue weighted by molar-refractivity contribution is 0.150. The number of methoxy groups -OCH3 is 1. The molecule has 0 spiro atoms. The molecule has 2 N–H and O–H groups in total. The SMILES string of the molecule is CCNC(=NCc1cccc(OCCN(C)CCOC)c1)NCCc1ncc(C)s1. The van der Waals surface area contributed by atoms with Crippen molar-refractivity contribution in [1.29, 1.82) is 0 Å². The third-order valence-electron chi connectivity index (χ3n) is 4.38. The van der Waals surface area contributed by atoms with E-state index in [0.717, 1.165) is 61.5 Å². The van der Waals surface area contributed by atoms with Crippen molar-refractivity contribution in [2.75, 3.05) is 53.6 Å². The number of likely N-dealkylation sites (N-methyl/N-ethyl adjacent to an activating group) is 1. The quantitative estimate of drug-likeness (QED) is 0.374. The van der Waals surface area contributed by atoms with Crippen LogP contribution in [0.1, 0.15) is 22.4 Å². The van der Waals surface area contributed by atoms with E-state index in [1.54, 1.807) is 18.4 Å². The smallest absolute Gasteiger partial charge is 0.191 e. The lowest BCUT2D eigenvalue weighted by Gasteiger charge is -2.16. The molecule has 0 saturated heterocycles. The number of hydrogen-bond acceptors (Lipinski definition) is 6. The number of hydrogen-bond donors (Lipinski definition) is 2. The summed E-state index contributed by atoms with van der Waals surface area (Å²) in [4.78, 5) is 12.5. The van der Waals surface area contributed by atoms with Gasteiger partial charge in [-0.1, -0.05) is 12.1 Å². The van der Waals surface area contributed by atoms with Crippen molar-refractivity contribution in [3.05, 3.63) is 45.9 Å². The van der Waals surface area contributed by atoms with Gasteiger partial charge in [0.25, 0.3) is 0 Å². The maximum Gasteiger partial charge on any atom is 0.191 e. The molecule has 0 amide bonds. The summed E-state index contributed by atoms with van der Waals surface area (Å²) in [7, 11) is 3.79. The molecule has 166 valence electrons. The van der Waals surface area contributed by atoms with Crippen molar-refractivity contribution in [1.82, 2.24) is 20.5 Å². The van der Waals surface area contributed by atoms with Gasteiger partial charge in [-0.15, -0.1) is 11.3 Å². The fourth-order valence-corrected chi connectivity index (χ4v) is 3.52. The number of guanidine groups is 1. The van der Waals surface area contributed by atoms with Crippen LogP contribution in [0.5, 0.6) is 5.75 Å². The number of aryl methyl sites for hydroxylation is 1. The Morgan fingerprint density at radius 1 is 1.23 bits per heavy atom. The Morgan fingerprint density at radius 3 is 2.80 bits per heavy atom. The van der Waals surface area contributed by atoms with E-state index < -0.39 is 0 Å². The van der Waals surface area contributed by atoms with Gasteiger partial charge in [0.15, 0.2) is 5.96 Å². The van der Waals surface area contributed by atoms with Gasteiger partial charge in [0.2, 0.25) is 0 Å². The van der Waals surface area contributed by atoms with Crippen molar-refractivity contribution >= 4 is 17.3 Å². The molecule has 0 aliphatic carbocycles. The Bertz CT molecular complexity index is 765. The van der Waals surface area contributed by atoms with Crippen LogP contribution in [0, 0.1) is 6.92 Å². The topological polar surface area (TPSA) is 71.0 Å². The minimum atomic E-state index is 0.594. The molecule has 0 saturated carbocycles. The maximum absolute atomic E-state index is 5.90. The predicted octanol–water partition coefficient (Wildman–Crippen LogP) is 2.71. The van der Waals surface area contributed by atoms with Gasteiger partial charge in [-0.05, 0) is 38.6 Å². The molecule has 0 radical (unpaired) electrons. The highest BCUT2D eigenvalue weighted by Gasteiger charge is 2.03. The fourth-order valence-electron chi connectivity index (χ4n) is 2.73. The number of aromatic nitrogens is 1. The summed E-state index contributed by atoms with van der Waals surface area (Å²) in [6.45, 7) is 9.51. The van der Waals surface area contributed by atoms with Gasteiger partial charge in [0, 0.05) is 50.8 Å². The Labute approximate surface area is 184 Å². The monoisotopic (exact) mass is 433 g/mol. The summed E-state index contributed by atoms with van der Waals surface area (Å²) in [5.74, 6) is 1.69. The molecule has 2 aromatic rings. The van der Waals surface area contributed by atoms with Crippen molar-refractivity contribution < 1.29 is 9.47 Å². The van der Waals surface area contributed by atoms with E-state index in [4.69, 9.17) is 14.5 Å². The molecule has 8 heteroatoms. The summed E-state index contributed by atoms with van der Waals surface area (Å²) >= 11 is 1.74. The van der Waals surface area contributed by atoms with E-state index in [-0.39, 0.29) is 0 Å². The number of nitrogens with one attached hydrogen (secondary N) is 2. The zero-order chi connectivity index (χ0) is 21.6. The molecule has 0 aliphatic heterocycles. The second kappa shape index (κ2) is 14.0. The average Bonchev–Trinajstić information content (AvgIpc) is 3.16. The Kier molecular flexibility index (Phi) is 11.2. The standard InChI is InChI=1S/C22H35N5O2S/c1-5-23-22(24-10-9-21-25-16-18(2)30-21)26-17-19-7-6-8-20(15-19)29-14-12-27(3)11-13-28-4/h6-8,15-16H,5,9-14,17H2,1-4H3,(H2,23,24,26). The molecular formula is C22H35N5O2S. The van der Waals surface area contributed by atoms with E-state index in [9.17, 15) is 0 Å². The normalized spacial score (nSPS) is 11.7. The minimum absolute atomic E-state index is 0.594. The molecule has 2 rings (SSSR count). The van der Waals surface area contributed by atoms with E-state index in [0.29, 0.717) is 13.2 Å². The fraction of sp³-hybridized carbons (Fsp3) is 0.545. The molecular weight excluding hydrogens is 398 g/mol. The zero-order valence-corrected chi connectivity index (χ0v) is 19.4. The highest BCUT2D eigenvalue weighted by atomic mass is 32.1. The highest BCUT2D eigenvalue weighted by molar-refractivity contribution is 7.11. The van der Waals surface area contributed by atoms with Gasteiger partial charge in [-0.3, -0.25) is 0 Å². The first-order chi connectivity index (χ1) is 14.6. The molecule has 1 heterocycles. The molecule has 0 atom stereocenters. The molecule has 1 aromatic heterocycles. The van der Waals surface area contributed by atoms with Gasteiger partial charge in [0.05, 0.1) is 18.2 Å². The lowest BCUT2D eigenvalue weighted by atomic mass is 10.2. The van der Waals surface area contributed by atoms with Crippen molar-refractivity contribution in [3.63, 3.8) is 0 Å². The third-order valence-corrected chi connectivity index (χ3v) is 5.35. The Morgan fingerprint density at radius 2 is 2.07 bits per heavy atom. The number of rotatable bonds is 13. The molecule has 7 nitrogen and oxygen atoms in total. The number of aliphatic imine (C=N–C) groups is 1. The summed E-state index contributed by atoms with van der Waals surface area (Å²) < 4.78 is 11.0.